The summed E-state index contributed by atoms with van der Waals surface area (Å²) in [5.41, 5.74) is 0.656. The Morgan fingerprint density at radius 2 is 2.12 bits per heavy atom. The van der Waals surface area contributed by atoms with Gasteiger partial charge in [0.15, 0.2) is 4.34 Å². The van der Waals surface area contributed by atoms with Crippen LogP contribution in [-0.2, 0) is 4.79 Å². The second-order valence-corrected chi connectivity index (χ2v) is 7.26. The topological polar surface area (TPSA) is 51.2 Å². The average molecular weight is 380 g/mol. The predicted molar refractivity (Wildman–Crippen MR) is 96.5 cm³/mol. The number of aromatic nitrogens is 1. The number of ether oxygens (including phenoxy) is 1. The highest BCUT2D eigenvalue weighted by Gasteiger charge is 2.11. The summed E-state index contributed by atoms with van der Waals surface area (Å²) < 4.78 is 33.8. The van der Waals surface area contributed by atoms with Crippen LogP contribution in [0.4, 0.5) is 14.5 Å². The Balaban J connectivity index is 1.63. The molecule has 0 atom stereocenters. The maximum absolute atomic E-state index is 13.5. The Labute approximate surface area is 151 Å². The number of halogens is 2. The molecule has 0 bridgehead atoms. The maximum atomic E-state index is 13.5. The van der Waals surface area contributed by atoms with Crippen LogP contribution < -0.4 is 10.1 Å². The van der Waals surface area contributed by atoms with Gasteiger partial charge >= 0.3 is 0 Å². The lowest BCUT2D eigenvalue weighted by Gasteiger charge is -2.05. The molecule has 0 saturated heterocycles. The van der Waals surface area contributed by atoms with E-state index in [4.69, 9.17) is 4.74 Å². The van der Waals surface area contributed by atoms with Gasteiger partial charge < -0.3 is 10.1 Å². The number of hydrogen-bond acceptors (Lipinski definition) is 5. The van der Waals surface area contributed by atoms with Crippen molar-refractivity contribution in [1.29, 1.82) is 0 Å². The van der Waals surface area contributed by atoms with Gasteiger partial charge in [0.2, 0.25) is 5.91 Å². The van der Waals surface area contributed by atoms with Crippen LogP contribution >= 0.6 is 23.1 Å². The minimum atomic E-state index is -0.678. The van der Waals surface area contributed by atoms with E-state index in [9.17, 15) is 13.6 Å². The smallest absolute Gasteiger partial charge is 0.234 e. The molecule has 1 aromatic heterocycles. The molecular formula is C17H14F2N2O2S2. The van der Waals surface area contributed by atoms with Crippen LogP contribution in [0.25, 0.3) is 10.2 Å². The number of carbonyl (C=O) groups is 1. The van der Waals surface area contributed by atoms with Crippen molar-refractivity contribution in [2.24, 2.45) is 0 Å². The molecule has 3 rings (SSSR count). The highest BCUT2D eigenvalue weighted by atomic mass is 32.2. The molecule has 4 nitrogen and oxygen atoms in total. The van der Waals surface area contributed by atoms with Crippen molar-refractivity contribution >= 4 is 44.9 Å². The number of anilines is 1. The number of benzene rings is 2. The lowest BCUT2D eigenvalue weighted by Crippen LogP contribution is -2.15. The maximum Gasteiger partial charge on any atom is 0.234 e. The standard InChI is InChI=1S/C17H14F2N2O2S2/c1-2-23-11-4-6-13-15(8-11)25-17(21-13)24-9-16(22)20-14-7-10(18)3-5-12(14)19/h3-8H,2,9H2,1H3,(H,20,22). The Bertz CT molecular complexity index is 915. The number of carbonyl (C=O) groups excluding carboxylic acids is 1. The third-order valence-corrected chi connectivity index (χ3v) is 5.34. The van der Waals surface area contributed by atoms with Crippen molar-refractivity contribution in [3.63, 3.8) is 0 Å². The molecule has 1 heterocycles. The minimum absolute atomic E-state index is 0.0497. The molecule has 0 unspecified atom stereocenters. The van der Waals surface area contributed by atoms with Crippen LogP contribution in [0.15, 0.2) is 40.7 Å². The van der Waals surface area contributed by atoms with Gasteiger partial charge in [-0.25, -0.2) is 13.8 Å². The molecule has 8 heteroatoms. The van der Waals surface area contributed by atoms with E-state index in [1.54, 1.807) is 0 Å². The molecule has 0 saturated carbocycles. The number of hydrogen-bond donors (Lipinski definition) is 1. The summed E-state index contributed by atoms with van der Waals surface area (Å²) in [5, 5.41) is 2.36. The van der Waals surface area contributed by atoms with Gasteiger partial charge in [-0.15, -0.1) is 11.3 Å². The molecule has 25 heavy (non-hydrogen) atoms. The summed E-state index contributed by atoms with van der Waals surface area (Å²) in [7, 11) is 0. The van der Waals surface area contributed by atoms with Crippen LogP contribution in [0, 0.1) is 11.6 Å². The van der Waals surface area contributed by atoms with Gasteiger partial charge in [0.05, 0.1) is 28.3 Å². The molecule has 0 spiro atoms. The first-order valence-electron chi connectivity index (χ1n) is 7.46. The number of thiazole rings is 1. The van der Waals surface area contributed by atoms with E-state index in [-0.39, 0.29) is 11.4 Å². The predicted octanol–water partition coefficient (Wildman–Crippen LogP) is 4.70. The zero-order valence-electron chi connectivity index (χ0n) is 13.2. The Kier molecular flexibility index (Phi) is 5.50. The molecule has 130 valence electrons. The summed E-state index contributed by atoms with van der Waals surface area (Å²) >= 11 is 2.69. The van der Waals surface area contributed by atoms with E-state index >= 15 is 0 Å². The molecule has 0 aliphatic heterocycles. The number of rotatable bonds is 6. The summed E-state index contributed by atoms with van der Waals surface area (Å²) in [5.74, 6) is -0.893. The van der Waals surface area contributed by atoms with E-state index in [1.165, 1.54) is 23.1 Å². The molecule has 0 radical (unpaired) electrons. The molecule has 0 fully saturated rings. The number of thioether (sulfide) groups is 1. The van der Waals surface area contributed by atoms with E-state index in [2.05, 4.69) is 10.3 Å². The van der Waals surface area contributed by atoms with Crippen molar-refractivity contribution in [1.82, 2.24) is 4.98 Å². The first-order chi connectivity index (χ1) is 12.0. The van der Waals surface area contributed by atoms with Crippen molar-refractivity contribution in [3.8, 4) is 5.75 Å². The van der Waals surface area contributed by atoms with Gasteiger partial charge in [-0.3, -0.25) is 4.79 Å². The van der Waals surface area contributed by atoms with Crippen molar-refractivity contribution in [2.45, 2.75) is 11.3 Å². The summed E-state index contributed by atoms with van der Waals surface area (Å²) in [6.45, 7) is 2.50. The number of fused-ring (bicyclic) bond motifs is 1. The van der Waals surface area contributed by atoms with Crippen LogP contribution in [0.3, 0.4) is 0 Å². The molecule has 1 N–H and O–H groups in total. The SMILES string of the molecule is CCOc1ccc2nc(SCC(=O)Nc3cc(F)ccc3F)sc2c1. The quantitative estimate of drug-likeness (QED) is 0.630. The third-order valence-electron chi connectivity index (χ3n) is 3.18. The van der Waals surface area contributed by atoms with E-state index in [0.717, 1.165) is 38.5 Å². The number of nitrogens with zero attached hydrogens (tertiary/aromatic N) is 1. The molecule has 2 aromatic carbocycles. The second kappa shape index (κ2) is 7.79. The third kappa shape index (κ3) is 4.46. The molecular weight excluding hydrogens is 366 g/mol. The molecule has 1 amide bonds. The van der Waals surface area contributed by atoms with Crippen molar-refractivity contribution in [3.05, 3.63) is 48.0 Å². The van der Waals surface area contributed by atoms with Gasteiger partial charge in [0.25, 0.3) is 0 Å². The van der Waals surface area contributed by atoms with Crippen LogP contribution in [-0.4, -0.2) is 23.3 Å². The minimum Gasteiger partial charge on any atom is -0.494 e. The number of nitrogens with one attached hydrogen (secondary N) is 1. The fraction of sp³-hybridized carbons (Fsp3) is 0.176. The first-order valence-corrected chi connectivity index (χ1v) is 9.26. The normalized spacial score (nSPS) is 10.8. The van der Waals surface area contributed by atoms with Crippen molar-refractivity contribution in [2.75, 3.05) is 17.7 Å². The first kappa shape index (κ1) is 17.6. The summed E-state index contributed by atoms with van der Waals surface area (Å²) in [4.78, 5) is 16.4. The lowest BCUT2D eigenvalue weighted by atomic mass is 10.3. The molecule has 0 aliphatic carbocycles. The fourth-order valence-electron chi connectivity index (χ4n) is 2.11. The zero-order valence-corrected chi connectivity index (χ0v) is 14.8. The molecule has 0 aliphatic rings. The van der Waals surface area contributed by atoms with Crippen LogP contribution in [0.1, 0.15) is 6.92 Å². The van der Waals surface area contributed by atoms with E-state index in [1.807, 2.05) is 25.1 Å². The largest absolute Gasteiger partial charge is 0.494 e. The van der Waals surface area contributed by atoms with Gasteiger partial charge in [-0.05, 0) is 37.3 Å². The van der Waals surface area contributed by atoms with Gasteiger partial charge in [0, 0.05) is 6.07 Å². The van der Waals surface area contributed by atoms with Gasteiger partial charge in [-0.1, -0.05) is 11.8 Å². The Morgan fingerprint density at radius 3 is 2.92 bits per heavy atom. The highest BCUT2D eigenvalue weighted by Crippen LogP contribution is 2.32. The highest BCUT2D eigenvalue weighted by molar-refractivity contribution is 8.01. The number of amides is 1. The van der Waals surface area contributed by atoms with Gasteiger partial charge in [-0.2, -0.15) is 0 Å². The second-order valence-electron chi connectivity index (χ2n) is 5.00. The summed E-state index contributed by atoms with van der Waals surface area (Å²) in [6, 6.07) is 8.54. The van der Waals surface area contributed by atoms with Crippen LogP contribution in [0.2, 0.25) is 0 Å². The van der Waals surface area contributed by atoms with Crippen molar-refractivity contribution < 1.29 is 18.3 Å². The fourth-order valence-corrected chi connectivity index (χ4v) is 4.01. The van der Waals surface area contributed by atoms with E-state index < -0.39 is 17.5 Å². The Morgan fingerprint density at radius 1 is 1.28 bits per heavy atom. The summed E-state index contributed by atoms with van der Waals surface area (Å²) in [6.07, 6.45) is 0. The lowest BCUT2D eigenvalue weighted by molar-refractivity contribution is -0.113. The Hall–Kier alpha value is -2.19. The van der Waals surface area contributed by atoms with Gasteiger partial charge in [0.1, 0.15) is 17.4 Å². The average Bonchev–Trinajstić information content (AvgIpc) is 2.99. The molecule has 3 aromatic rings. The zero-order chi connectivity index (χ0) is 17.8. The van der Waals surface area contributed by atoms with E-state index in [0.29, 0.717) is 6.61 Å². The monoisotopic (exact) mass is 380 g/mol. The van der Waals surface area contributed by atoms with Crippen LogP contribution in [0.5, 0.6) is 5.75 Å².